The molecular formula is C15H20Cl2N2O. The van der Waals surface area contributed by atoms with Crippen molar-refractivity contribution in [3.05, 3.63) is 33.8 Å². The third kappa shape index (κ3) is 3.66. The highest BCUT2D eigenvalue weighted by Crippen LogP contribution is 2.25. The summed E-state index contributed by atoms with van der Waals surface area (Å²) in [6.07, 6.45) is 2.49. The normalized spacial score (nSPS) is 22.9. The summed E-state index contributed by atoms with van der Waals surface area (Å²) in [7, 11) is 0. The monoisotopic (exact) mass is 314 g/mol. The number of likely N-dealkylation sites (tertiary alicyclic amines) is 1. The van der Waals surface area contributed by atoms with Crippen LogP contribution in [0.4, 0.5) is 0 Å². The van der Waals surface area contributed by atoms with Gasteiger partial charge in [-0.25, -0.2) is 0 Å². The molecule has 110 valence electrons. The molecular weight excluding hydrogens is 295 g/mol. The molecule has 3 nitrogen and oxygen atoms in total. The van der Waals surface area contributed by atoms with Gasteiger partial charge < -0.3 is 10.6 Å². The first kappa shape index (κ1) is 15.6. The Hall–Kier alpha value is -0.770. The van der Waals surface area contributed by atoms with Crippen molar-refractivity contribution in [3.63, 3.8) is 0 Å². The fraction of sp³-hybridized carbons (Fsp3) is 0.533. The van der Waals surface area contributed by atoms with Crippen molar-refractivity contribution in [2.24, 2.45) is 11.7 Å². The highest BCUT2D eigenvalue weighted by Gasteiger charge is 2.28. The third-order valence-electron chi connectivity index (χ3n) is 3.97. The summed E-state index contributed by atoms with van der Waals surface area (Å²) in [6.45, 7) is 3.50. The highest BCUT2D eigenvalue weighted by atomic mass is 35.5. The zero-order valence-electron chi connectivity index (χ0n) is 11.6. The summed E-state index contributed by atoms with van der Waals surface area (Å²) in [5.74, 6) is 0.554. The molecule has 5 heteroatoms. The van der Waals surface area contributed by atoms with Crippen LogP contribution in [-0.2, 0) is 11.2 Å². The van der Waals surface area contributed by atoms with E-state index in [0.717, 1.165) is 24.9 Å². The Kier molecular flexibility index (Phi) is 5.30. The Balaban J connectivity index is 2.04. The SMILES string of the molecule is CC1CCC(CN)CN1C(=O)Cc1ccc(Cl)c(Cl)c1. The first-order chi connectivity index (χ1) is 9.51. The summed E-state index contributed by atoms with van der Waals surface area (Å²) in [6, 6.07) is 5.63. The summed E-state index contributed by atoms with van der Waals surface area (Å²) in [4.78, 5) is 14.4. The molecule has 1 aliphatic heterocycles. The van der Waals surface area contributed by atoms with E-state index in [-0.39, 0.29) is 11.9 Å². The molecule has 20 heavy (non-hydrogen) atoms. The Bertz CT molecular complexity index is 493. The minimum absolute atomic E-state index is 0.133. The number of piperidine rings is 1. The Morgan fingerprint density at radius 1 is 1.35 bits per heavy atom. The van der Waals surface area contributed by atoms with Crippen LogP contribution >= 0.6 is 23.2 Å². The molecule has 2 atom stereocenters. The zero-order chi connectivity index (χ0) is 14.7. The fourth-order valence-corrected chi connectivity index (χ4v) is 2.97. The maximum Gasteiger partial charge on any atom is 0.227 e. The van der Waals surface area contributed by atoms with Gasteiger partial charge in [0.05, 0.1) is 16.5 Å². The maximum atomic E-state index is 12.4. The van der Waals surface area contributed by atoms with Gasteiger partial charge in [-0.1, -0.05) is 29.3 Å². The van der Waals surface area contributed by atoms with Crippen LogP contribution in [0.1, 0.15) is 25.3 Å². The Morgan fingerprint density at radius 3 is 2.75 bits per heavy atom. The van der Waals surface area contributed by atoms with E-state index < -0.39 is 0 Å². The molecule has 0 saturated carbocycles. The van der Waals surface area contributed by atoms with Crippen molar-refractivity contribution in [2.45, 2.75) is 32.2 Å². The topological polar surface area (TPSA) is 46.3 Å². The van der Waals surface area contributed by atoms with Crippen LogP contribution in [0.3, 0.4) is 0 Å². The summed E-state index contributed by atoms with van der Waals surface area (Å²) in [5.41, 5.74) is 6.62. The lowest BCUT2D eigenvalue weighted by molar-refractivity contribution is -0.134. The average Bonchev–Trinajstić information content (AvgIpc) is 2.43. The molecule has 1 fully saturated rings. The quantitative estimate of drug-likeness (QED) is 0.931. The van der Waals surface area contributed by atoms with Crippen LogP contribution in [0.15, 0.2) is 18.2 Å². The molecule has 2 rings (SSSR count). The molecule has 1 amide bonds. The molecule has 0 spiro atoms. The number of hydrogen-bond acceptors (Lipinski definition) is 2. The standard InChI is InChI=1S/C15H20Cl2N2O/c1-10-2-3-12(8-18)9-19(10)15(20)7-11-4-5-13(16)14(17)6-11/h4-6,10,12H,2-3,7-9,18H2,1H3. The largest absolute Gasteiger partial charge is 0.339 e. The molecule has 1 aliphatic rings. The van der Waals surface area contributed by atoms with Gasteiger partial charge in [0, 0.05) is 12.6 Å². The second-order valence-corrected chi connectivity index (χ2v) is 6.31. The molecule has 0 radical (unpaired) electrons. The minimum Gasteiger partial charge on any atom is -0.339 e. The van der Waals surface area contributed by atoms with Crippen LogP contribution in [0.2, 0.25) is 10.0 Å². The number of nitrogens with two attached hydrogens (primary N) is 1. The van der Waals surface area contributed by atoms with Crippen molar-refractivity contribution in [2.75, 3.05) is 13.1 Å². The van der Waals surface area contributed by atoms with E-state index in [0.29, 0.717) is 28.9 Å². The second-order valence-electron chi connectivity index (χ2n) is 5.50. The predicted octanol–water partition coefficient (Wildman–Crippen LogP) is 3.12. The van der Waals surface area contributed by atoms with E-state index >= 15 is 0 Å². The lowest BCUT2D eigenvalue weighted by Gasteiger charge is -2.37. The molecule has 2 N–H and O–H groups in total. The Labute approximate surface area is 130 Å². The number of nitrogens with zero attached hydrogens (tertiary/aromatic N) is 1. The highest BCUT2D eigenvalue weighted by molar-refractivity contribution is 6.42. The summed E-state index contributed by atoms with van der Waals surface area (Å²) < 4.78 is 0. The molecule has 1 aromatic rings. The lowest BCUT2D eigenvalue weighted by Crippen LogP contribution is -2.47. The van der Waals surface area contributed by atoms with Crippen molar-refractivity contribution in [3.8, 4) is 0 Å². The van der Waals surface area contributed by atoms with Crippen LogP contribution in [-0.4, -0.2) is 29.9 Å². The zero-order valence-corrected chi connectivity index (χ0v) is 13.1. The minimum atomic E-state index is 0.133. The summed E-state index contributed by atoms with van der Waals surface area (Å²) in [5, 5.41) is 1.00. The molecule has 2 unspecified atom stereocenters. The molecule has 0 bridgehead atoms. The predicted molar refractivity (Wildman–Crippen MR) is 83.1 cm³/mol. The first-order valence-electron chi connectivity index (χ1n) is 6.94. The number of carbonyl (C=O) groups is 1. The van der Waals surface area contributed by atoms with E-state index in [1.165, 1.54) is 0 Å². The van der Waals surface area contributed by atoms with Crippen molar-refractivity contribution in [1.82, 2.24) is 4.90 Å². The molecule has 1 saturated heterocycles. The van der Waals surface area contributed by atoms with Gasteiger partial charge in [0.15, 0.2) is 0 Å². The van der Waals surface area contributed by atoms with Crippen LogP contribution < -0.4 is 5.73 Å². The van der Waals surface area contributed by atoms with Gasteiger partial charge in [0.1, 0.15) is 0 Å². The molecule has 1 heterocycles. The number of benzene rings is 1. The van der Waals surface area contributed by atoms with Gasteiger partial charge in [-0.05, 0) is 49.9 Å². The summed E-state index contributed by atoms with van der Waals surface area (Å²) >= 11 is 11.9. The Morgan fingerprint density at radius 2 is 2.10 bits per heavy atom. The van der Waals surface area contributed by atoms with Crippen LogP contribution in [0, 0.1) is 5.92 Å². The first-order valence-corrected chi connectivity index (χ1v) is 7.70. The number of rotatable bonds is 3. The van der Waals surface area contributed by atoms with E-state index in [9.17, 15) is 4.79 Å². The lowest BCUT2D eigenvalue weighted by atomic mass is 9.93. The molecule has 0 aromatic heterocycles. The number of carbonyl (C=O) groups excluding carboxylic acids is 1. The number of hydrogen-bond donors (Lipinski definition) is 1. The molecule has 1 aromatic carbocycles. The van der Waals surface area contributed by atoms with E-state index in [1.807, 2.05) is 11.0 Å². The smallest absolute Gasteiger partial charge is 0.227 e. The van der Waals surface area contributed by atoms with Crippen LogP contribution in [0.5, 0.6) is 0 Å². The van der Waals surface area contributed by atoms with E-state index in [1.54, 1.807) is 12.1 Å². The van der Waals surface area contributed by atoms with Gasteiger partial charge in [-0.2, -0.15) is 0 Å². The van der Waals surface area contributed by atoms with Crippen LogP contribution in [0.25, 0.3) is 0 Å². The molecule has 0 aliphatic carbocycles. The third-order valence-corrected chi connectivity index (χ3v) is 4.71. The van der Waals surface area contributed by atoms with Gasteiger partial charge in [0.2, 0.25) is 5.91 Å². The second kappa shape index (κ2) is 6.79. The van der Waals surface area contributed by atoms with Gasteiger partial charge in [0.25, 0.3) is 0 Å². The van der Waals surface area contributed by atoms with Crippen molar-refractivity contribution >= 4 is 29.1 Å². The van der Waals surface area contributed by atoms with E-state index in [2.05, 4.69) is 6.92 Å². The van der Waals surface area contributed by atoms with Gasteiger partial charge >= 0.3 is 0 Å². The van der Waals surface area contributed by atoms with Crippen molar-refractivity contribution in [1.29, 1.82) is 0 Å². The fourth-order valence-electron chi connectivity index (χ4n) is 2.65. The van der Waals surface area contributed by atoms with Crippen molar-refractivity contribution < 1.29 is 4.79 Å². The maximum absolute atomic E-state index is 12.4. The number of amides is 1. The number of halogens is 2. The van der Waals surface area contributed by atoms with Gasteiger partial charge in [-0.3, -0.25) is 4.79 Å². The van der Waals surface area contributed by atoms with Gasteiger partial charge in [-0.15, -0.1) is 0 Å². The average molecular weight is 315 g/mol. The van der Waals surface area contributed by atoms with E-state index in [4.69, 9.17) is 28.9 Å².